The van der Waals surface area contributed by atoms with E-state index >= 15 is 0 Å². The van der Waals surface area contributed by atoms with Crippen molar-refractivity contribution in [3.8, 4) is 5.75 Å². The molecule has 3 N–H and O–H groups in total. The van der Waals surface area contributed by atoms with Crippen molar-refractivity contribution in [2.75, 3.05) is 0 Å². The highest BCUT2D eigenvalue weighted by atomic mass is 35.5. The lowest BCUT2D eigenvalue weighted by atomic mass is 10.0. The van der Waals surface area contributed by atoms with Gasteiger partial charge in [0.1, 0.15) is 5.75 Å². The molecule has 0 fully saturated rings. The van der Waals surface area contributed by atoms with Crippen molar-refractivity contribution in [3.63, 3.8) is 0 Å². The van der Waals surface area contributed by atoms with Crippen LogP contribution in [-0.4, -0.2) is 18.6 Å². The third kappa shape index (κ3) is 7.24. The Morgan fingerprint density at radius 3 is 2.59 bits per heavy atom. The number of amides is 1. The number of nitrogens with two attached hydrogens (primary N) is 1. The van der Waals surface area contributed by atoms with E-state index in [2.05, 4.69) is 10.1 Å². The Hall–Kier alpha value is -1.11. The van der Waals surface area contributed by atoms with E-state index in [1.165, 1.54) is 18.2 Å². The van der Waals surface area contributed by atoms with Gasteiger partial charge in [0.05, 0.1) is 6.04 Å². The van der Waals surface area contributed by atoms with E-state index in [0.29, 0.717) is 17.0 Å². The summed E-state index contributed by atoms with van der Waals surface area (Å²) in [6, 6.07) is 3.61. The molecule has 0 spiro atoms. The van der Waals surface area contributed by atoms with Crippen LogP contribution in [0.5, 0.6) is 5.75 Å². The van der Waals surface area contributed by atoms with Crippen LogP contribution in [0.1, 0.15) is 25.8 Å². The van der Waals surface area contributed by atoms with Gasteiger partial charge in [-0.15, -0.1) is 12.4 Å². The average Bonchev–Trinajstić information content (AvgIpc) is 2.37. The first-order valence-electron chi connectivity index (χ1n) is 6.56. The van der Waals surface area contributed by atoms with Crippen molar-refractivity contribution < 1.29 is 18.3 Å². The fourth-order valence-electron chi connectivity index (χ4n) is 1.83. The van der Waals surface area contributed by atoms with E-state index in [1.807, 2.05) is 13.8 Å². The van der Waals surface area contributed by atoms with Gasteiger partial charge in [0, 0.05) is 17.1 Å². The van der Waals surface area contributed by atoms with Gasteiger partial charge in [-0.2, -0.15) is 8.78 Å². The second kappa shape index (κ2) is 9.82. The van der Waals surface area contributed by atoms with E-state index in [0.717, 1.165) is 0 Å². The van der Waals surface area contributed by atoms with Crippen LogP contribution in [0.25, 0.3) is 0 Å². The van der Waals surface area contributed by atoms with Crippen molar-refractivity contribution in [3.05, 3.63) is 28.8 Å². The Labute approximate surface area is 139 Å². The number of ether oxygens (including phenoxy) is 1. The van der Waals surface area contributed by atoms with Crippen LogP contribution in [0.4, 0.5) is 8.78 Å². The molecule has 4 nitrogen and oxygen atoms in total. The van der Waals surface area contributed by atoms with Gasteiger partial charge in [-0.05, 0) is 30.5 Å². The average molecular weight is 357 g/mol. The summed E-state index contributed by atoms with van der Waals surface area (Å²) in [6.45, 7) is 0.994. The molecule has 1 aromatic carbocycles. The summed E-state index contributed by atoms with van der Waals surface area (Å²) in [5.41, 5.74) is 6.11. The Morgan fingerprint density at radius 1 is 1.41 bits per heavy atom. The van der Waals surface area contributed by atoms with Crippen LogP contribution in [-0.2, 0) is 11.3 Å². The molecule has 0 aromatic heterocycles. The molecule has 0 aliphatic heterocycles. The number of alkyl halides is 2. The van der Waals surface area contributed by atoms with Crippen molar-refractivity contribution in [1.29, 1.82) is 0 Å². The third-order valence-electron chi connectivity index (χ3n) is 2.75. The number of nitrogens with one attached hydrogen (secondary N) is 1. The SMILES string of the molecule is CC(C)C[C@H](N)C(=O)NCc1cc(Cl)ccc1OC(F)F.Cl. The van der Waals surface area contributed by atoms with Crippen molar-refractivity contribution >= 4 is 29.9 Å². The molecule has 22 heavy (non-hydrogen) atoms. The highest BCUT2D eigenvalue weighted by molar-refractivity contribution is 6.30. The molecule has 0 unspecified atom stereocenters. The first-order valence-corrected chi connectivity index (χ1v) is 6.94. The van der Waals surface area contributed by atoms with Gasteiger partial charge >= 0.3 is 6.61 Å². The maximum Gasteiger partial charge on any atom is 0.387 e. The molecule has 126 valence electrons. The van der Waals surface area contributed by atoms with E-state index in [1.54, 1.807) is 0 Å². The van der Waals surface area contributed by atoms with Crippen LogP contribution in [0.2, 0.25) is 5.02 Å². The second-order valence-electron chi connectivity index (χ2n) is 5.08. The van der Waals surface area contributed by atoms with E-state index in [-0.39, 0.29) is 36.5 Å². The maximum atomic E-state index is 12.3. The number of carbonyl (C=O) groups is 1. The molecular weight excluding hydrogens is 337 g/mol. The van der Waals surface area contributed by atoms with Crippen molar-refractivity contribution in [2.45, 2.75) is 39.5 Å². The lowest BCUT2D eigenvalue weighted by molar-refractivity contribution is -0.122. The topological polar surface area (TPSA) is 64.4 Å². The molecular formula is C14H20Cl2F2N2O2. The molecule has 0 bridgehead atoms. The fourth-order valence-corrected chi connectivity index (χ4v) is 2.02. The van der Waals surface area contributed by atoms with Gasteiger partial charge in [0.25, 0.3) is 0 Å². The highest BCUT2D eigenvalue weighted by Gasteiger charge is 2.16. The predicted molar refractivity (Wildman–Crippen MR) is 84.6 cm³/mol. The van der Waals surface area contributed by atoms with Gasteiger partial charge in [0.15, 0.2) is 0 Å². The smallest absolute Gasteiger partial charge is 0.387 e. The van der Waals surface area contributed by atoms with E-state index in [9.17, 15) is 13.6 Å². The standard InChI is InChI=1S/C14H19ClF2N2O2.ClH/c1-8(2)5-11(18)13(20)19-7-9-6-10(15)3-4-12(9)21-14(16)17;/h3-4,6,8,11,14H,5,7,18H2,1-2H3,(H,19,20);1H/t11-;/m0./s1. The molecule has 8 heteroatoms. The summed E-state index contributed by atoms with van der Waals surface area (Å²) < 4.78 is 29.0. The summed E-state index contributed by atoms with van der Waals surface area (Å²) in [5, 5.41) is 2.97. The summed E-state index contributed by atoms with van der Waals surface area (Å²) >= 11 is 5.82. The monoisotopic (exact) mass is 356 g/mol. The molecule has 0 saturated heterocycles. The van der Waals surface area contributed by atoms with Crippen molar-refractivity contribution in [2.24, 2.45) is 11.7 Å². The maximum absolute atomic E-state index is 12.3. The summed E-state index contributed by atoms with van der Waals surface area (Å²) in [4.78, 5) is 11.8. The number of rotatable bonds is 7. The summed E-state index contributed by atoms with van der Waals surface area (Å²) in [6.07, 6.45) is 0.543. The van der Waals surface area contributed by atoms with E-state index < -0.39 is 12.7 Å². The molecule has 1 atom stereocenters. The number of hydrogen-bond donors (Lipinski definition) is 2. The highest BCUT2D eigenvalue weighted by Crippen LogP contribution is 2.24. The van der Waals surface area contributed by atoms with Crippen LogP contribution in [0.3, 0.4) is 0 Å². The number of benzene rings is 1. The third-order valence-corrected chi connectivity index (χ3v) is 2.99. The lowest BCUT2D eigenvalue weighted by Crippen LogP contribution is -2.41. The second-order valence-corrected chi connectivity index (χ2v) is 5.52. The van der Waals surface area contributed by atoms with Gasteiger partial charge < -0.3 is 15.8 Å². The minimum absolute atomic E-state index is 0. The zero-order valence-corrected chi connectivity index (χ0v) is 13.9. The van der Waals surface area contributed by atoms with Gasteiger partial charge in [-0.25, -0.2) is 0 Å². The molecule has 0 aliphatic carbocycles. The Kier molecular flexibility index (Phi) is 9.32. The normalized spacial score (nSPS) is 12.0. The molecule has 1 rings (SSSR count). The summed E-state index contributed by atoms with van der Waals surface area (Å²) in [5.74, 6) is -0.0755. The molecule has 0 heterocycles. The number of carbonyl (C=O) groups excluding carboxylic acids is 1. The predicted octanol–water partition coefficient (Wildman–Crippen LogP) is 3.35. The minimum Gasteiger partial charge on any atom is -0.434 e. The Balaban J connectivity index is 0.00000441. The minimum atomic E-state index is -2.94. The van der Waals surface area contributed by atoms with Crippen LogP contribution < -0.4 is 15.8 Å². The van der Waals surface area contributed by atoms with Crippen LogP contribution >= 0.6 is 24.0 Å². The van der Waals surface area contributed by atoms with Crippen LogP contribution in [0.15, 0.2) is 18.2 Å². The van der Waals surface area contributed by atoms with Gasteiger partial charge in [0.2, 0.25) is 5.91 Å². The van der Waals surface area contributed by atoms with Crippen molar-refractivity contribution in [1.82, 2.24) is 5.32 Å². The molecule has 0 aliphatic rings. The molecule has 0 saturated carbocycles. The molecule has 1 amide bonds. The summed E-state index contributed by atoms with van der Waals surface area (Å²) in [7, 11) is 0. The zero-order valence-electron chi connectivity index (χ0n) is 12.3. The fraction of sp³-hybridized carbons (Fsp3) is 0.500. The molecule has 1 aromatic rings. The quantitative estimate of drug-likeness (QED) is 0.787. The zero-order chi connectivity index (χ0) is 16.0. The Morgan fingerprint density at radius 2 is 2.05 bits per heavy atom. The lowest BCUT2D eigenvalue weighted by Gasteiger charge is -2.16. The molecule has 0 radical (unpaired) electrons. The van der Waals surface area contributed by atoms with Gasteiger partial charge in [-0.1, -0.05) is 25.4 Å². The van der Waals surface area contributed by atoms with E-state index in [4.69, 9.17) is 17.3 Å². The number of halogens is 4. The number of hydrogen-bond acceptors (Lipinski definition) is 3. The largest absolute Gasteiger partial charge is 0.434 e. The van der Waals surface area contributed by atoms with Crippen LogP contribution in [0, 0.1) is 5.92 Å². The van der Waals surface area contributed by atoms with Gasteiger partial charge in [-0.3, -0.25) is 4.79 Å². The first-order chi connectivity index (χ1) is 9.79. The Bertz CT molecular complexity index is 488. The first kappa shape index (κ1) is 20.9.